The summed E-state index contributed by atoms with van der Waals surface area (Å²) < 4.78 is 7.03. The number of nitrogens with zero attached hydrogens (tertiary/aromatic N) is 2. The molecule has 0 saturated heterocycles. The van der Waals surface area contributed by atoms with Crippen molar-refractivity contribution >= 4 is 22.2 Å². The Morgan fingerprint density at radius 3 is 2.91 bits per heavy atom. The van der Waals surface area contributed by atoms with Crippen LogP contribution in [-0.2, 0) is 16.0 Å². The number of hydrogen-bond acceptors (Lipinski definition) is 4. The summed E-state index contributed by atoms with van der Waals surface area (Å²) in [4.78, 5) is 17.7. The number of rotatable bonds is 6. The Kier molecular flexibility index (Phi) is 4.73. The summed E-state index contributed by atoms with van der Waals surface area (Å²) in [5, 5.41) is 4.91. The van der Waals surface area contributed by atoms with Crippen molar-refractivity contribution in [2.75, 3.05) is 13.7 Å². The van der Waals surface area contributed by atoms with Gasteiger partial charge in [-0.25, -0.2) is 4.98 Å². The first-order valence-electron chi connectivity index (χ1n) is 7.46. The number of carbonyl (C=O) groups excluding carboxylic acids is 1. The van der Waals surface area contributed by atoms with Crippen LogP contribution in [0.4, 0.5) is 0 Å². The van der Waals surface area contributed by atoms with Crippen LogP contribution in [0.15, 0.2) is 41.9 Å². The minimum absolute atomic E-state index is 0.00398. The number of ether oxygens (including phenoxy) is 1. The van der Waals surface area contributed by atoms with Crippen LogP contribution in [0, 0.1) is 0 Å². The molecular weight excluding hydrogens is 310 g/mol. The van der Waals surface area contributed by atoms with Gasteiger partial charge in [0.15, 0.2) is 4.96 Å². The summed E-state index contributed by atoms with van der Waals surface area (Å²) >= 11 is 1.55. The normalized spacial score (nSPS) is 12.4. The number of carbonyl (C=O) groups is 1. The molecule has 3 rings (SSSR count). The van der Waals surface area contributed by atoms with Gasteiger partial charge < -0.3 is 10.1 Å². The number of aromatic nitrogens is 2. The van der Waals surface area contributed by atoms with Gasteiger partial charge in [0, 0.05) is 36.0 Å². The third-order valence-electron chi connectivity index (χ3n) is 3.52. The van der Waals surface area contributed by atoms with Gasteiger partial charge in [0.25, 0.3) is 0 Å². The highest BCUT2D eigenvalue weighted by molar-refractivity contribution is 7.15. The van der Waals surface area contributed by atoms with E-state index in [-0.39, 0.29) is 11.9 Å². The average molecular weight is 329 g/mol. The highest BCUT2D eigenvalue weighted by Crippen LogP contribution is 2.23. The fourth-order valence-corrected chi connectivity index (χ4v) is 3.36. The zero-order chi connectivity index (χ0) is 16.2. The largest absolute Gasteiger partial charge is 0.383 e. The van der Waals surface area contributed by atoms with Crippen LogP contribution in [0.25, 0.3) is 16.2 Å². The number of benzene rings is 1. The number of fused-ring (bicyclic) bond motifs is 1. The van der Waals surface area contributed by atoms with E-state index in [9.17, 15) is 4.79 Å². The fourth-order valence-electron chi connectivity index (χ4n) is 2.49. The topological polar surface area (TPSA) is 55.6 Å². The Balaban J connectivity index is 1.77. The van der Waals surface area contributed by atoms with Gasteiger partial charge >= 0.3 is 0 Å². The molecule has 120 valence electrons. The van der Waals surface area contributed by atoms with Crippen LogP contribution in [0.3, 0.4) is 0 Å². The van der Waals surface area contributed by atoms with Crippen molar-refractivity contribution in [1.29, 1.82) is 0 Å². The van der Waals surface area contributed by atoms with Crippen molar-refractivity contribution in [2.45, 2.75) is 19.4 Å². The van der Waals surface area contributed by atoms with E-state index in [0.29, 0.717) is 13.0 Å². The Bertz CT molecular complexity index is 795. The molecule has 3 aromatic rings. The molecule has 0 aliphatic rings. The monoisotopic (exact) mass is 329 g/mol. The van der Waals surface area contributed by atoms with Crippen LogP contribution in [0.2, 0.25) is 0 Å². The first-order chi connectivity index (χ1) is 11.2. The quantitative estimate of drug-likeness (QED) is 0.756. The molecule has 1 atom stereocenters. The van der Waals surface area contributed by atoms with Crippen molar-refractivity contribution in [3.8, 4) is 11.3 Å². The standard InChI is InChI=1S/C17H19N3O2S/c1-12(10-22-2)18-16(21)8-14-11-23-17-19-15(9-20(14)17)13-6-4-3-5-7-13/h3-7,9,11-12H,8,10H2,1-2H3,(H,18,21). The van der Waals surface area contributed by atoms with E-state index in [2.05, 4.69) is 10.3 Å². The lowest BCUT2D eigenvalue weighted by Gasteiger charge is -2.12. The summed E-state index contributed by atoms with van der Waals surface area (Å²) in [7, 11) is 1.63. The molecule has 0 bridgehead atoms. The van der Waals surface area contributed by atoms with Crippen LogP contribution >= 0.6 is 11.3 Å². The molecule has 0 spiro atoms. The number of nitrogens with one attached hydrogen (secondary N) is 1. The molecule has 0 aliphatic heterocycles. The summed E-state index contributed by atoms with van der Waals surface area (Å²) in [6, 6.07) is 10.0. The molecule has 0 fully saturated rings. The molecule has 23 heavy (non-hydrogen) atoms. The zero-order valence-corrected chi connectivity index (χ0v) is 14.0. The van der Waals surface area contributed by atoms with E-state index in [0.717, 1.165) is 21.9 Å². The lowest BCUT2D eigenvalue weighted by molar-refractivity contribution is -0.121. The molecule has 1 amide bonds. The Hall–Kier alpha value is -2.18. The van der Waals surface area contributed by atoms with E-state index in [4.69, 9.17) is 4.74 Å². The van der Waals surface area contributed by atoms with Gasteiger partial charge in [0.05, 0.1) is 18.7 Å². The maximum atomic E-state index is 12.1. The van der Waals surface area contributed by atoms with Crippen molar-refractivity contribution in [2.24, 2.45) is 0 Å². The van der Waals surface area contributed by atoms with Gasteiger partial charge in [-0.15, -0.1) is 11.3 Å². The first-order valence-corrected chi connectivity index (χ1v) is 8.34. The molecule has 2 heterocycles. The molecule has 1 N–H and O–H groups in total. The molecule has 1 unspecified atom stereocenters. The number of imidazole rings is 1. The van der Waals surface area contributed by atoms with Crippen molar-refractivity contribution in [3.63, 3.8) is 0 Å². The van der Waals surface area contributed by atoms with Crippen molar-refractivity contribution in [3.05, 3.63) is 47.6 Å². The number of methoxy groups -OCH3 is 1. The average Bonchev–Trinajstić information content (AvgIpc) is 3.10. The Morgan fingerprint density at radius 1 is 1.39 bits per heavy atom. The zero-order valence-electron chi connectivity index (χ0n) is 13.2. The molecule has 2 aromatic heterocycles. The summed E-state index contributed by atoms with van der Waals surface area (Å²) in [5.74, 6) is -0.00999. The van der Waals surface area contributed by atoms with E-state index < -0.39 is 0 Å². The van der Waals surface area contributed by atoms with Crippen molar-refractivity contribution in [1.82, 2.24) is 14.7 Å². The third-order valence-corrected chi connectivity index (χ3v) is 4.41. The second-order valence-corrected chi connectivity index (χ2v) is 6.31. The van der Waals surface area contributed by atoms with Gasteiger partial charge in [-0.3, -0.25) is 9.20 Å². The van der Waals surface area contributed by atoms with Gasteiger partial charge in [-0.1, -0.05) is 30.3 Å². The molecule has 6 heteroatoms. The summed E-state index contributed by atoms with van der Waals surface area (Å²) in [6.07, 6.45) is 2.32. The van der Waals surface area contributed by atoms with Crippen LogP contribution in [0.1, 0.15) is 12.6 Å². The fraction of sp³-hybridized carbons (Fsp3) is 0.294. The number of amides is 1. The molecule has 1 aromatic carbocycles. The van der Waals surface area contributed by atoms with Crippen LogP contribution in [0.5, 0.6) is 0 Å². The lowest BCUT2D eigenvalue weighted by atomic mass is 10.2. The Morgan fingerprint density at radius 2 is 2.17 bits per heavy atom. The molecule has 5 nitrogen and oxygen atoms in total. The first kappa shape index (κ1) is 15.7. The van der Waals surface area contributed by atoms with Crippen LogP contribution in [-0.4, -0.2) is 35.1 Å². The SMILES string of the molecule is COCC(C)NC(=O)Cc1csc2nc(-c3ccccc3)cn12. The molecule has 0 saturated carbocycles. The second kappa shape index (κ2) is 6.93. The molecule has 0 radical (unpaired) electrons. The predicted molar refractivity (Wildman–Crippen MR) is 91.7 cm³/mol. The van der Waals surface area contributed by atoms with Gasteiger partial charge in [-0.05, 0) is 6.92 Å². The van der Waals surface area contributed by atoms with Gasteiger partial charge in [-0.2, -0.15) is 0 Å². The van der Waals surface area contributed by atoms with E-state index >= 15 is 0 Å². The highest BCUT2D eigenvalue weighted by Gasteiger charge is 2.13. The van der Waals surface area contributed by atoms with Gasteiger partial charge in [0.1, 0.15) is 0 Å². The van der Waals surface area contributed by atoms with E-state index in [1.807, 2.05) is 53.2 Å². The summed E-state index contributed by atoms with van der Waals surface area (Å²) in [5.41, 5.74) is 2.95. The van der Waals surface area contributed by atoms with E-state index in [1.165, 1.54) is 0 Å². The lowest BCUT2D eigenvalue weighted by Crippen LogP contribution is -2.36. The molecule has 0 aliphatic carbocycles. The predicted octanol–water partition coefficient (Wildman–Crippen LogP) is 2.76. The number of thiazole rings is 1. The third kappa shape index (κ3) is 3.60. The van der Waals surface area contributed by atoms with Crippen molar-refractivity contribution < 1.29 is 9.53 Å². The van der Waals surface area contributed by atoms with Gasteiger partial charge in [0.2, 0.25) is 5.91 Å². The minimum atomic E-state index is -0.00999. The number of hydrogen-bond donors (Lipinski definition) is 1. The maximum Gasteiger partial charge on any atom is 0.226 e. The van der Waals surface area contributed by atoms with E-state index in [1.54, 1.807) is 18.4 Å². The highest BCUT2D eigenvalue weighted by atomic mass is 32.1. The minimum Gasteiger partial charge on any atom is -0.383 e. The molecular formula is C17H19N3O2S. The second-order valence-electron chi connectivity index (χ2n) is 5.47. The Labute approximate surface area is 138 Å². The van der Waals surface area contributed by atoms with Crippen LogP contribution < -0.4 is 5.32 Å². The summed E-state index contributed by atoms with van der Waals surface area (Å²) in [6.45, 7) is 2.43. The maximum absolute atomic E-state index is 12.1. The smallest absolute Gasteiger partial charge is 0.226 e.